The Balaban J connectivity index is 2.13. The van der Waals surface area contributed by atoms with Crippen LogP contribution in [0.1, 0.15) is 31.2 Å². The average molecular weight is 254 g/mol. The van der Waals surface area contributed by atoms with Crippen LogP contribution in [0.25, 0.3) is 0 Å². The Morgan fingerprint density at radius 2 is 2.00 bits per heavy atom. The summed E-state index contributed by atoms with van der Waals surface area (Å²) in [7, 11) is 0. The molecular formula is C14H16F2O2. The first-order chi connectivity index (χ1) is 8.58. The summed E-state index contributed by atoms with van der Waals surface area (Å²) in [5.74, 6) is -2.43. The molecule has 0 aliphatic heterocycles. The molecule has 2 unspecified atom stereocenters. The maximum absolute atomic E-state index is 13.5. The molecule has 2 nitrogen and oxygen atoms in total. The van der Waals surface area contributed by atoms with Gasteiger partial charge >= 0.3 is 5.97 Å². The van der Waals surface area contributed by atoms with E-state index in [-0.39, 0.29) is 5.92 Å². The zero-order valence-corrected chi connectivity index (χ0v) is 10.0. The van der Waals surface area contributed by atoms with Gasteiger partial charge in [-0.1, -0.05) is 18.9 Å². The summed E-state index contributed by atoms with van der Waals surface area (Å²) in [6, 6.07) is 3.49. The van der Waals surface area contributed by atoms with Crippen LogP contribution in [0.3, 0.4) is 0 Å². The molecule has 1 fully saturated rings. The number of halogens is 2. The summed E-state index contributed by atoms with van der Waals surface area (Å²) in [6.07, 6.45) is 3.73. The van der Waals surface area contributed by atoms with Gasteiger partial charge in [-0.2, -0.15) is 0 Å². The molecule has 1 N–H and O–H groups in total. The highest BCUT2D eigenvalue weighted by Crippen LogP contribution is 2.33. The van der Waals surface area contributed by atoms with Crippen molar-refractivity contribution in [3.05, 3.63) is 35.4 Å². The number of rotatable bonds is 3. The molecular weight excluding hydrogens is 238 g/mol. The molecule has 0 aromatic heterocycles. The standard InChI is InChI=1S/C14H16F2O2/c15-11-6-5-10(13(16)8-11)7-9-3-1-2-4-12(9)14(17)18/h5-6,8-9,12H,1-4,7H2,(H,17,18). The summed E-state index contributed by atoms with van der Waals surface area (Å²) in [5, 5.41) is 9.15. The van der Waals surface area contributed by atoms with Gasteiger partial charge in [-0.3, -0.25) is 4.79 Å². The first kappa shape index (κ1) is 13.0. The Hall–Kier alpha value is -1.45. The van der Waals surface area contributed by atoms with Gasteiger partial charge in [0, 0.05) is 6.07 Å². The van der Waals surface area contributed by atoms with E-state index >= 15 is 0 Å². The first-order valence-electron chi connectivity index (χ1n) is 6.24. The van der Waals surface area contributed by atoms with Crippen LogP contribution in [-0.4, -0.2) is 11.1 Å². The van der Waals surface area contributed by atoms with E-state index in [4.69, 9.17) is 5.11 Å². The van der Waals surface area contributed by atoms with Crippen molar-refractivity contribution < 1.29 is 18.7 Å². The van der Waals surface area contributed by atoms with Crippen LogP contribution in [0.5, 0.6) is 0 Å². The molecule has 1 aromatic carbocycles. The van der Waals surface area contributed by atoms with Crippen molar-refractivity contribution >= 4 is 5.97 Å². The van der Waals surface area contributed by atoms with Gasteiger partial charge in [-0.15, -0.1) is 0 Å². The van der Waals surface area contributed by atoms with Crippen molar-refractivity contribution in [3.8, 4) is 0 Å². The van der Waals surface area contributed by atoms with Gasteiger partial charge in [0.05, 0.1) is 5.92 Å². The molecule has 0 saturated heterocycles. The number of carboxylic acid groups (broad SMARTS) is 1. The number of carbonyl (C=O) groups is 1. The van der Waals surface area contributed by atoms with Crippen LogP contribution < -0.4 is 0 Å². The normalized spacial score (nSPS) is 23.9. The van der Waals surface area contributed by atoms with Gasteiger partial charge in [0.1, 0.15) is 11.6 Å². The van der Waals surface area contributed by atoms with Gasteiger partial charge in [0.2, 0.25) is 0 Å². The van der Waals surface area contributed by atoms with E-state index in [0.29, 0.717) is 18.4 Å². The van der Waals surface area contributed by atoms with Crippen LogP contribution >= 0.6 is 0 Å². The molecule has 18 heavy (non-hydrogen) atoms. The van der Waals surface area contributed by atoms with Gasteiger partial charge in [-0.05, 0) is 36.8 Å². The summed E-state index contributed by atoms with van der Waals surface area (Å²) < 4.78 is 26.3. The lowest BCUT2D eigenvalue weighted by Gasteiger charge is -2.28. The molecule has 2 atom stereocenters. The smallest absolute Gasteiger partial charge is 0.306 e. The Labute approximate surface area is 105 Å². The van der Waals surface area contributed by atoms with E-state index in [1.807, 2.05) is 0 Å². The molecule has 1 saturated carbocycles. The number of benzene rings is 1. The van der Waals surface area contributed by atoms with Gasteiger partial charge in [-0.25, -0.2) is 8.78 Å². The van der Waals surface area contributed by atoms with Crippen molar-refractivity contribution in [2.24, 2.45) is 11.8 Å². The molecule has 2 rings (SSSR count). The highest BCUT2D eigenvalue weighted by atomic mass is 19.1. The second-order valence-corrected chi connectivity index (χ2v) is 4.93. The predicted molar refractivity (Wildman–Crippen MR) is 63.1 cm³/mol. The molecule has 98 valence electrons. The van der Waals surface area contributed by atoms with Gasteiger partial charge in [0.15, 0.2) is 0 Å². The first-order valence-corrected chi connectivity index (χ1v) is 6.24. The Bertz CT molecular complexity index is 445. The van der Waals surface area contributed by atoms with Crippen LogP contribution in [0.15, 0.2) is 18.2 Å². The quantitative estimate of drug-likeness (QED) is 0.897. The molecule has 0 heterocycles. The topological polar surface area (TPSA) is 37.3 Å². The molecule has 0 radical (unpaired) electrons. The Morgan fingerprint density at radius 1 is 1.28 bits per heavy atom. The molecule has 1 aromatic rings. The van der Waals surface area contributed by atoms with E-state index in [2.05, 4.69) is 0 Å². The third-order valence-corrected chi connectivity index (χ3v) is 3.72. The third-order valence-electron chi connectivity index (χ3n) is 3.72. The minimum absolute atomic E-state index is 0.0452. The molecule has 0 spiro atoms. The van der Waals surface area contributed by atoms with Crippen molar-refractivity contribution in [2.45, 2.75) is 32.1 Å². The maximum atomic E-state index is 13.5. The lowest BCUT2D eigenvalue weighted by Crippen LogP contribution is -2.28. The predicted octanol–water partition coefficient (Wildman–Crippen LogP) is 3.40. The Kier molecular flexibility index (Phi) is 3.94. The summed E-state index contributed by atoms with van der Waals surface area (Å²) >= 11 is 0. The maximum Gasteiger partial charge on any atom is 0.306 e. The number of hydrogen-bond donors (Lipinski definition) is 1. The number of aliphatic carboxylic acids is 1. The second-order valence-electron chi connectivity index (χ2n) is 4.93. The van der Waals surface area contributed by atoms with Crippen molar-refractivity contribution in [2.75, 3.05) is 0 Å². The summed E-state index contributed by atoms with van der Waals surface area (Å²) in [5.41, 5.74) is 0.412. The fraction of sp³-hybridized carbons (Fsp3) is 0.500. The fourth-order valence-corrected chi connectivity index (χ4v) is 2.75. The lowest BCUT2D eigenvalue weighted by atomic mass is 9.76. The zero-order valence-electron chi connectivity index (χ0n) is 10.0. The van der Waals surface area contributed by atoms with Crippen LogP contribution in [0.4, 0.5) is 8.78 Å². The van der Waals surface area contributed by atoms with Crippen molar-refractivity contribution in [1.82, 2.24) is 0 Å². The second kappa shape index (κ2) is 5.46. The van der Waals surface area contributed by atoms with Crippen LogP contribution in [0, 0.1) is 23.5 Å². The van der Waals surface area contributed by atoms with E-state index in [1.165, 1.54) is 12.1 Å². The number of hydrogen-bond acceptors (Lipinski definition) is 1. The van der Waals surface area contributed by atoms with Crippen LogP contribution in [-0.2, 0) is 11.2 Å². The largest absolute Gasteiger partial charge is 0.481 e. The average Bonchev–Trinajstić information content (AvgIpc) is 2.33. The molecule has 1 aliphatic rings. The SMILES string of the molecule is O=C(O)C1CCCCC1Cc1ccc(F)cc1F. The monoisotopic (exact) mass is 254 g/mol. The lowest BCUT2D eigenvalue weighted by molar-refractivity contribution is -0.144. The highest BCUT2D eigenvalue weighted by molar-refractivity contribution is 5.70. The van der Waals surface area contributed by atoms with E-state index in [9.17, 15) is 13.6 Å². The molecule has 1 aliphatic carbocycles. The van der Waals surface area contributed by atoms with Crippen molar-refractivity contribution in [1.29, 1.82) is 0 Å². The minimum atomic E-state index is -0.804. The van der Waals surface area contributed by atoms with E-state index in [1.54, 1.807) is 0 Å². The fourth-order valence-electron chi connectivity index (χ4n) is 2.75. The molecule has 4 heteroatoms. The molecule has 0 bridgehead atoms. The highest BCUT2D eigenvalue weighted by Gasteiger charge is 2.31. The molecule has 0 amide bonds. The Morgan fingerprint density at radius 3 is 2.67 bits per heavy atom. The summed E-state index contributed by atoms with van der Waals surface area (Å²) in [6.45, 7) is 0. The summed E-state index contributed by atoms with van der Waals surface area (Å²) in [4.78, 5) is 11.1. The minimum Gasteiger partial charge on any atom is -0.481 e. The van der Waals surface area contributed by atoms with E-state index in [0.717, 1.165) is 25.3 Å². The number of carboxylic acids is 1. The zero-order chi connectivity index (χ0) is 13.1. The van der Waals surface area contributed by atoms with E-state index < -0.39 is 23.5 Å². The van der Waals surface area contributed by atoms with Crippen molar-refractivity contribution in [3.63, 3.8) is 0 Å². The van der Waals surface area contributed by atoms with Gasteiger partial charge < -0.3 is 5.11 Å². The third kappa shape index (κ3) is 2.86. The van der Waals surface area contributed by atoms with Gasteiger partial charge in [0.25, 0.3) is 0 Å². The van der Waals surface area contributed by atoms with Crippen LogP contribution in [0.2, 0.25) is 0 Å².